The van der Waals surface area contributed by atoms with E-state index in [1.165, 1.54) is 0 Å². The standard InChI is InChI=1S/C8H16NO3P/c1-4-6(3-10)12-8(11)7(4)9-5(2)13/h4-7,9-10H,3,13H2,1-2H3/t4-,5+,6-,7-/m0/s1. The maximum atomic E-state index is 11.3. The van der Waals surface area contributed by atoms with Crippen molar-refractivity contribution in [1.82, 2.24) is 5.32 Å². The number of nitrogens with one attached hydrogen (secondary N) is 1. The largest absolute Gasteiger partial charge is 0.458 e. The summed E-state index contributed by atoms with van der Waals surface area (Å²) in [6.45, 7) is 3.74. The molecule has 2 N–H and O–H groups in total. The summed E-state index contributed by atoms with van der Waals surface area (Å²) in [5.74, 6) is -0.0706. The highest BCUT2D eigenvalue weighted by Crippen LogP contribution is 2.22. The maximum Gasteiger partial charge on any atom is 0.323 e. The zero-order chi connectivity index (χ0) is 10.0. The van der Waals surface area contributed by atoms with Gasteiger partial charge in [-0.25, -0.2) is 0 Å². The van der Waals surface area contributed by atoms with Crippen molar-refractivity contribution < 1.29 is 14.6 Å². The summed E-state index contributed by atoms with van der Waals surface area (Å²) in [5, 5.41) is 12.0. The Morgan fingerprint density at radius 1 is 1.77 bits per heavy atom. The highest BCUT2D eigenvalue weighted by Gasteiger charge is 2.41. The van der Waals surface area contributed by atoms with E-state index < -0.39 is 0 Å². The summed E-state index contributed by atoms with van der Waals surface area (Å²) < 4.78 is 4.98. The molecule has 0 amide bonds. The number of cyclic esters (lactones) is 1. The molecule has 0 radical (unpaired) electrons. The number of carbonyl (C=O) groups is 1. The van der Waals surface area contributed by atoms with Crippen LogP contribution in [0.1, 0.15) is 13.8 Å². The van der Waals surface area contributed by atoms with Crippen molar-refractivity contribution in [1.29, 1.82) is 0 Å². The Morgan fingerprint density at radius 3 is 2.77 bits per heavy atom. The lowest BCUT2D eigenvalue weighted by atomic mass is 9.99. The molecule has 0 aliphatic carbocycles. The van der Waals surface area contributed by atoms with E-state index in [4.69, 9.17) is 9.84 Å². The molecule has 1 aliphatic heterocycles. The molecule has 0 aromatic heterocycles. The van der Waals surface area contributed by atoms with Crippen molar-refractivity contribution in [2.75, 3.05) is 6.61 Å². The second-order valence-corrected chi connectivity index (χ2v) is 4.45. The predicted molar refractivity (Wildman–Crippen MR) is 52.2 cm³/mol. The van der Waals surface area contributed by atoms with Gasteiger partial charge in [0.05, 0.1) is 6.61 Å². The molecule has 1 aliphatic rings. The van der Waals surface area contributed by atoms with Gasteiger partial charge in [0.2, 0.25) is 0 Å². The fraction of sp³-hybridized carbons (Fsp3) is 0.875. The highest BCUT2D eigenvalue weighted by molar-refractivity contribution is 7.17. The number of carbonyl (C=O) groups excluding carboxylic acids is 1. The van der Waals surface area contributed by atoms with E-state index in [0.29, 0.717) is 0 Å². The summed E-state index contributed by atoms with van der Waals surface area (Å²) in [7, 11) is 2.57. The number of rotatable bonds is 3. The molecule has 1 heterocycles. The molecule has 1 fully saturated rings. The second-order valence-electron chi connectivity index (χ2n) is 3.45. The van der Waals surface area contributed by atoms with Gasteiger partial charge < -0.3 is 9.84 Å². The molecular formula is C8H16NO3P. The number of esters is 1. The normalized spacial score (nSPS) is 36.0. The third-order valence-electron chi connectivity index (χ3n) is 2.26. The lowest BCUT2D eigenvalue weighted by molar-refractivity contribution is -0.144. The molecule has 0 bridgehead atoms. The number of hydrogen-bond acceptors (Lipinski definition) is 4. The second kappa shape index (κ2) is 4.36. The third-order valence-corrected chi connectivity index (χ3v) is 2.45. The number of aliphatic hydroxyl groups is 1. The molecule has 5 atom stereocenters. The van der Waals surface area contributed by atoms with Crippen LogP contribution in [-0.2, 0) is 9.53 Å². The summed E-state index contributed by atoms with van der Waals surface area (Å²) in [4.78, 5) is 11.3. The highest BCUT2D eigenvalue weighted by atomic mass is 31.0. The van der Waals surface area contributed by atoms with Gasteiger partial charge in [-0.1, -0.05) is 6.92 Å². The fourth-order valence-electron chi connectivity index (χ4n) is 1.47. The first-order valence-corrected chi connectivity index (χ1v) is 5.06. The first kappa shape index (κ1) is 10.9. The first-order valence-electron chi connectivity index (χ1n) is 4.39. The van der Waals surface area contributed by atoms with Crippen LogP contribution in [0.4, 0.5) is 0 Å². The Labute approximate surface area is 80.2 Å². The molecule has 4 nitrogen and oxygen atoms in total. The number of aliphatic hydroxyl groups excluding tert-OH is 1. The van der Waals surface area contributed by atoms with Gasteiger partial charge in [0.15, 0.2) is 0 Å². The molecule has 0 saturated carbocycles. The molecule has 0 aromatic carbocycles. The Hall–Kier alpha value is -0.180. The average Bonchev–Trinajstić information content (AvgIpc) is 2.31. The van der Waals surface area contributed by atoms with Crippen molar-refractivity contribution >= 4 is 15.2 Å². The van der Waals surface area contributed by atoms with Crippen LogP contribution in [0.25, 0.3) is 0 Å². The SMILES string of the molecule is C[C@H]1[C@H](CO)OC(=O)[C@H]1N[C@@H](C)P. The predicted octanol–water partition coefficient (Wildman–Crippen LogP) is -0.281. The van der Waals surface area contributed by atoms with Gasteiger partial charge in [0.1, 0.15) is 12.1 Å². The van der Waals surface area contributed by atoms with Gasteiger partial charge in [-0.2, -0.15) is 0 Å². The molecule has 0 spiro atoms. The van der Waals surface area contributed by atoms with Gasteiger partial charge in [-0.15, -0.1) is 9.24 Å². The minimum Gasteiger partial charge on any atom is -0.458 e. The van der Waals surface area contributed by atoms with Crippen LogP contribution in [0.3, 0.4) is 0 Å². The van der Waals surface area contributed by atoms with Gasteiger partial charge in [-0.05, 0) is 6.92 Å². The lowest BCUT2D eigenvalue weighted by Crippen LogP contribution is -2.41. The van der Waals surface area contributed by atoms with Crippen LogP contribution in [0, 0.1) is 5.92 Å². The fourth-order valence-corrected chi connectivity index (χ4v) is 1.67. The van der Waals surface area contributed by atoms with E-state index >= 15 is 0 Å². The summed E-state index contributed by atoms with van der Waals surface area (Å²) >= 11 is 0. The Morgan fingerprint density at radius 2 is 2.38 bits per heavy atom. The molecule has 13 heavy (non-hydrogen) atoms. The van der Waals surface area contributed by atoms with E-state index in [2.05, 4.69) is 14.6 Å². The molecule has 76 valence electrons. The summed E-state index contributed by atoms with van der Waals surface area (Å²) in [6, 6.07) is -0.287. The minimum absolute atomic E-state index is 0.0282. The summed E-state index contributed by atoms with van der Waals surface area (Å²) in [6.07, 6.45) is -0.353. The van der Waals surface area contributed by atoms with Gasteiger partial charge in [0.25, 0.3) is 0 Å². The van der Waals surface area contributed by atoms with Crippen LogP contribution < -0.4 is 5.32 Å². The maximum absolute atomic E-state index is 11.3. The van der Waals surface area contributed by atoms with Crippen molar-refractivity contribution in [3.63, 3.8) is 0 Å². The van der Waals surface area contributed by atoms with Crippen LogP contribution in [0.5, 0.6) is 0 Å². The monoisotopic (exact) mass is 205 g/mol. The van der Waals surface area contributed by atoms with Crippen molar-refractivity contribution in [3.8, 4) is 0 Å². The number of ether oxygens (including phenoxy) is 1. The third kappa shape index (κ3) is 2.39. The molecule has 5 heteroatoms. The van der Waals surface area contributed by atoms with Crippen molar-refractivity contribution in [2.45, 2.75) is 31.8 Å². The Bertz CT molecular complexity index is 198. The molecule has 1 saturated heterocycles. The van der Waals surface area contributed by atoms with E-state index in [9.17, 15) is 4.79 Å². The smallest absolute Gasteiger partial charge is 0.323 e. The first-order chi connectivity index (χ1) is 6.06. The van der Waals surface area contributed by atoms with E-state index in [-0.39, 0.29) is 36.4 Å². The number of hydrogen-bond donors (Lipinski definition) is 2. The van der Waals surface area contributed by atoms with Gasteiger partial charge >= 0.3 is 5.97 Å². The van der Waals surface area contributed by atoms with Crippen LogP contribution in [-0.4, -0.2) is 35.6 Å². The summed E-state index contributed by atoms with van der Waals surface area (Å²) in [5.41, 5.74) is 0. The van der Waals surface area contributed by atoms with Crippen LogP contribution >= 0.6 is 9.24 Å². The van der Waals surface area contributed by atoms with Gasteiger partial charge in [0, 0.05) is 11.7 Å². The van der Waals surface area contributed by atoms with Crippen molar-refractivity contribution in [2.24, 2.45) is 5.92 Å². The molecular weight excluding hydrogens is 189 g/mol. The van der Waals surface area contributed by atoms with Crippen LogP contribution in [0.15, 0.2) is 0 Å². The lowest BCUT2D eigenvalue weighted by Gasteiger charge is -2.17. The minimum atomic E-state index is -0.353. The zero-order valence-corrected chi connectivity index (χ0v) is 9.01. The van der Waals surface area contributed by atoms with Gasteiger partial charge in [-0.3, -0.25) is 10.1 Å². The Kier molecular flexibility index (Phi) is 3.65. The molecule has 1 rings (SSSR count). The van der Waals surface area contributed by atoms with Crippen LogP contribution in [0.2, 0.25) is 0 Å². The average molecular weight is 205 g/mol. The molecule has 0 aromatic rings. The topological polar surface area (TPSA) is 58.6 Å². The van der Waals surface area contributed by atoms with E-state index in [1.807, 2.05) is 13.8 Å². The Balaban J connectivity index is 2.59. The van der Waals surface area contributed by atoms with Crippen molar-refractivity contribution in [3.05, 3.63) is 0 Å². The van der Waals surface area contributed by atoms with E-state index in [0.717, 1.165) is 0 Å². The quantitative estimate of drug-likeness (QED) is 0.491. The molecule has 1 unspecified atom stereocenters. The zero-order valence-electron chi connectivity index (χ0n) is 7.86. The van der Waals surface area contributed by atoms with E-state index in [1.54, 1.807) is 0 Å².